The van der Waals surface area contributed by atoms with Gasteiger partial charge >= 0.3 is 0 Å². The first-order chi connectivity index (χ1) is 10.4. The van der Waals surface area contributed by atoms with Gasteiger partial charge < -0.3 is 10.6 Å². The molecule has 1 aliphatic rings. The van der Waals surface area contributed by atoms with Gasteiger partial charge in [0.1, 0.15) is 4.90 Å². The molecule has 1 saturated carbocycles. The minimum atomic E-state index is -3.60. The summed E-state index contributed by atoms with van der Waals surface area (Å²) in [5, 5.41) is 6.86. The number of hydrogen-bond acceptors (Lipinski definition) is 3. The van der Waals surface area contributed by atoms with Crippen molar-refractivity contribution in [2.24, 2.45) is 0 Å². The number of sulfonamides is 1. The molecule has 0 radical (unpaired) electrons. The second-order valence-corrected chi connectivity index (χ2v) is 7.83. The number of hydrogen-bond donors (Lipinski definition) is 2. The Balaban J connectivity index is 2.24. The van der Waals surface area contributed by atoms with E-state index in [1.807, 2.05) is 0 Å². The van der Waals surface area contributed by atoms with Gasteiger partial charge in [0, 0.05) is 24.8 Å². The number of halogens is 1. The average Bonchev–Trinajstić information content (AvgIpc) is 3.25. The first-order valence-electron chi connectivity index (χ1n) is 7.25. The molecule has 0 atom stereocenters. The van der Waals surface area contributed by atoms with Crippen LogP contribution in [0.25, 0.3) is 0 Å². The van der Waals surface area contributed by atoms with Gasteiger partial charge in [0.15, 0.2) is 5.11 Å². The van der Waals surface area contributed by atoms with Crippen molar-refractivity contribution in [1.82, 2.24) is 9.62 Å². The summed E-state index contributed by atoms with van der Waals surface area (Å²) in [7, 11) is -3.60. The van der Waals surface area contributed by atoms with E-state index >= 15 is 0 Å². The SMILES string of the molecule is CCN(CC)S(=O)(=O)c1cc(NC(=S)NC2CC2)ccc1Cl. The third-order valence-electron chi connectivity index (χ3n) is 3.42. The summed E-state index contributed by atoms with van der Waals surface area (Å²) in [6, 6.07) is 5.24. The Hall–Kier alpha value is -0.890. The third kappa shape index (κ3) is 4.10. The zero-order chi connectivity index (χ0) is 16.3. The van der Waals surface area contributed by atoms with Crippen LogP contribution in [0, 0.1) is 0 Å². The molecule has 0 unspecified atom stereocenters. The van der Waals surface area contributed by atoms with Gasteiger partial charge in [-0.2, -0.15) is 4.31 Å². The van der Waals surface area contributed by atoms with E-state index in [0.717, 1.165) is 12.8 Å². The van der Waals surface area contributed by atoms with Crippen LogP contribution in [0.5, 0.6) is 0 Å². The molecule has 1 aromatic carbocycles. The zero-order valence-electron chi connectivity index (χ0n) is 12.6. The van der Waals surface area contributed by atoms with Crippen LogP contribution in [0.4, 0.5) is 5.69 Å². The molecule has 0 amide bonds. The van der Waals surface area contributed by atoms with Crippen LogP contribution in [0.15, 0.2) is 23.1 Å². The maximum absolute atomic E-state index is 12.6. The summed E-state index contributed by atoms with van der Waals surface area (Å²) < 4.78 is 26.6. The largest absolute Gasteiger partial charge is 0.360 e. The van der Waals surface area contributed by atoms with E-state index in [2.05, 4.69) is 10.6 Å². The molecule has 2 N–H and O–H groups in total. The van der Waals surface area contributed by atoms with Crippen molar-refractivity contribution in [3.63, 3.8) is 0 Å². The zero-order valence-corrected chi connectivity index (χ0v) is 15.0. The monoisotopic (exact) mass is 361 g/mol. The smallest absolute Gasteiger partial charge is 0.244 e. The number of anilines is 1. The van der Waals surface area contributed by atoms with Crippen LogP contribution >= 0.6 is 23.8 Å². The first kappa shape index (κ1) is 17.5. The molecule has 0 bridgehead atoms. The standard InChI is InChI=1S/C14H20ClN3O2S2/c1-3-18(4-2)22(19,20)13-9-11(7-8-12(13)15)17-14(21)16-10-5-6-10/h7-10H,3-6H2,1-2H3,(H2,16,17,21). The highest BCUT2D eigenvalue weighted by Crippen LogP contribution is 2.28. The van der Waals surface area contributed by atoms with Crippen LogP contribution in [0.3, 0.4) is 0 Å². The highest BCUT2D eigenvalue weighted by atomic mass is 35.5. The number of rotatable bonds is 6. The Morgan fingerprint density at radius 2 is 2.00 bits per heavy atom. The summed E-state index contributed by atoms with van der Waals surface area (Å²) in [6.07, 6.45) is 2.23. The Kier molecular flexibility index (Phi) is 5.65. The summed E-state index contributed by atoms with van der Waals surface area (Å²) >= 11 is 11.3. The molecule has 0 heterocycles. The molecule has 8 heteroatoms. The van der Waals surface area contributed by atoms with Crippen molar-refractivity contribution in [3.8, 4) is 0 Å². The molecule has 0 aliphatic heterocycles. The van der Waals surface area contributed by atoms with Crippen molar-refractivity contribution >= 4 is 44.6 Å². The highest BCUT2D eigenvalue weighted by molar-refractivity contribution is 7.89. The molecule has 1 aromatic rings. The fourth-order valence-corrected chi connectivity index (χ4v) is 4.30. The van der Waals surface area contributed by atoms with Crippen molar-refractivity contribution < 1.29 is 8.42 Å². The third-order valence-corrected chi connectivity index (χ3v) is 6.18. The van der Waals surface area contributed by atoms with E-state index in [1.165, 1.54) is 10.4 Å². The van der Waals surface area contributed by atoms with E-state index in [4.69, 9.17) is 23.8 Å². The van der Waals surface area contributed by atoms with Gasteiger partial charge in [0.05, 0.1) is 5.02 Å². The average molecular weight is 362 g/mol. The van der Waals surface area contributed by atoms with E-state index in [1.54, 1.807) is 26.0 Å². The van der Waals surface area contributed by atoms with Crippen LogP contribution < -0.4 is 10.6 Å². The number of nitrogens with one attached hydrogen (secondary N) is 2. The Morgan fingerprint density at radius 1 is 1.36 bits per heavy atom. The summed E-state index contributed by atoms with van der Waals surface area (Å²) in [4.78, 5) is 0.0945. The van der Waals surface area contributed by atoms with Crippen molar-refractivity contribution in [2.75, 3.05) is 18.4 Å². The maximum atomic E-state index is 12.6. The fraction of sp³-hybridized carbons (Fsp3) is 0.500. The predicted molar refractivity (Wildman–Crippen MR) is 93.9 cm³/mol. The maximum Gasteiger partial charge on any atom is 0.244 e. The molecular formula is C14H20ClN3O2S2. The quantitative estimate of drug-likeness (QED) is 0.763. The minimum Gasteiger partial charge on any atom is -0.360 e. The van der Waals surface area contributed by atoms with E-state index in [-0.39, 0.29) is 9.92 Å². The minimum absolute atomic E-state index is 0.0945. The van der Waals surface area contributed by atoms with E-state index < -0.39 is 10.0 Å². The molecule has 22 heavy (non-hydrogen) atoms. The van der Waals surface area contributed by atoms with Crippen molar-refractivity contribution in [3.05, 3.63) is 23.2 Å². The lowest BCUT2D eigenvalue weighted by Gasteiger charge is -2.20. The Labute approximate surface area is 142 Å². The van der Waals surface area contributed by atoms with Crippen LogP contribution in [0.1, 0.15) is 26.7 Å². The molecule has 1 aliphatic carbocycles. The van der Waals surface area contributed by atoms with E-state index in [9.17, 15) is 8.42 Å². The first-order valence-corrected chi connectivity index (χ1v) is 9.48. The molecule has 0 aromatic heterocycles. The molecule has 2 rings (SSSR count). The number of nitrogens with zero attached hydrogens (tertiary/aromatic N) is 1. The second-order valence-electron chi connectivity index (χ2n) is 5.11. The van der Waals surface area contributed by atoms with Gasteiger partial charge in [-0.1, -0.05) is 25.4 Å². The Morgan fingerprint density at radius 3 is 2.55 bits per heavy atom. The van der Waals surface area contributed by atoms with Gasteiger partial charge in [0.2, 0.25) is 10.0 Å². The topological polar surface area (TPSA) is 61.4 Å². The lowest BCUT2D eigenvalue weighted by molar-refractivity contribution is 0.445. The normalized spacial score (nSPS) is 14.9. The summed E-state index contributed by atoms with van der Waals surface area (Å²) in [5.41, 5.74) is 0.605. The molecule has 0 saturated heterocycles. The van der Waals surface area contributed by atoms with Gasteiger partial charge in [-0.3, -0.25) is 0 Å². The lowest BCUT2D eigenvalue weighted by Crippen LogP contribution is -2.31. The molecule has 0 spiro atoms. The van der Waals surface area contributed by atoms with Crippen molar-refractivity contribution in [1.29, 1.82) is 0 Å². The molecule has 122 valence electrons. The van der Waals surface area contributed by atoms with Gasteiger partial charge in [-0.15, -0.1) is 0 Å². The number of thiocarbonyl (C=S) groups is 1. The highest BCUT2D eigenvalue weighted by Gasteiger charge is 2.25. The number of benzene rings is 1. The van der Waals surface area contributed by atoms with Gasteiger partial charge in [-0.05, 0) is 43.3 Å². The summed E-state index contributed by atoms with van der Waals surface area (Å²) in [6.45, 7) is 4.39. The van der Waals surface area contributed by atoms with E-state index in [0.29, 0.717) is 29.9 Å². The summed E-state index contributed by atoms with van der Waals surface area (Å²) in [5.74, 6) is 0. The van der Waals surface area contributed by atoms with Gasteiger partial charge in [0.25, 0.3) is 0 Å². The second kappa shape index (κ2) is 7.12. The van der Waals surface area contributed by atoms with Crippen LogP contribution in [-0.2, 0) is 10.0 Å². The predicted octanol–water partition coefficient (Wildman–Crippen LogP) is 2.82. The molecule has 1 fully saturated rings. The van der Waals surface area contributed by atoms with Crippen LogP contribution in [0.2, 0.25) is 5.02 Å². The van der Waals surface area contributed by atoms with Gasteiger partial charge in [-0.25, -0.2) is 8.42 Å². The Bertz CT molecular complexity index is 656. The molecular weight excluding hydrogens is 342 g/mol. The fourth-order valence-electron chi connectivity index (χ4n) is 2.06. The van der Waals surface area contributed by atoms with Crippen molar-refractivity contribution in [2.45, 2.75) is 37.6 Å². The van der Waals surface area contributed by atoms with Crippen LogP contribution in [-0.4, -0.2) is 37.0 Å². The lowest BCUT2D eigenvalue weighted by atomic mass is 10.3. The molecule has 5 nitrogen and oxygen atoms in total.